The Kier molecular flexibility index (Phi) is 5.16. The van der Waals surface area contributed by atoms with Crippen molar-refractivity contribution in [1.29, 1.82) is 0 Å². The van der Waals surface area contributed by atoms with Crippen molar-refractivity contribution in [3.05, 3.63) is 36.7 Å². The molecule has 1 aliphatic rings. The molecule has 0 unspecified atom stereocenters. The average Bonchev–Trinajstić information content (AvgIpc) is 3.24. The van der Waals surface area contributed by atoms with E-state index in [1.807, 2.05) is 13.1 Å². The van der Waals surface area contributed by atoms with Crippen molar-refractivity contribution in [3.63, 3.8) is 0 Å². The Balaban J connectivity index is 1.37. The van der Waals surface area contributed by atoms with Gasteiger partial charge in [-0.2, -0.15) is 5.10 Å². The second kappa shape index (κ2) is 7.94. The van der Waals surface area contributed by atoms with E-state index in [0.717, 1.165) is 24.0 Å². The zero-order valence-electron chi connectivity index (χ0n) is 19.9. The Morgan fingerprint density at radius 1 is 1.00 bits per heavy atom. The van der Waals surface area contributed by atoms with E-state index in [2.05, 4.69) is 73.7 Å². The van der Waals surface area contributed by atoms with Gasteiger partial charge in [0, 0.05) is 35.3 Å². The van der Waals surface area contributed by atoms with Crippen molar-refractivity contribution in [2.45, 2.75) is 57.7 Å². The van der Waals surface area contributed by atoms with Crippen LogP contribution in [0, 0.1) is 0 Å². The number of aromatic hydroxyl groups is 1. The number of anilines is 1. The average molecular weight is 461 g/mol. The van der Waals surface area contributed by atoms with Gasteiger partial charge >= 0.3 is 0 Å². The third kappa shape index (κ3) is 4.26. The number of hydrogen-bond donors (Lipinski definition) is 2. The number of aromatic nitrogens is 8. The molecule has 0 amide bonds. The second-order valence-corrected chi connectivity index (χ2v) is 10.2. The first-order chi connectivity index (χ1) is 16.1. The smallest absolute Gasteiger partial charge is 0.245 e. The predicted octanol–water partition coefficient (Wildman–Crippen LogP) is 2.49. The zero-order chi connectivity index (χ0) is 24.1. The van der Waals surface area contributed by atoms with Gasteiger partial charge < -0.3 is 15.3 Å². The third-order valence-corrected chi connectivity index (χ3v) is 6.26. The molecule has 1 fully saturated rings. The number of fused-ring (bicyclic) bond motifs is 1. The molecule has 11 nitrogen and oxygen atoms in total. The number of nitrogens with one attached hydrogen (secondary N) is 1. The normalized spacial score (nSPS) is 17.7. The maximum absolute atomic E-state index is 10.7. The van der Waals surface area contributed by atoms with Crippen molar-refractivity contribution in [1.82, 2.24) is 45.8 Å². The molecule has 5 rings (SSSR count). The summed E-state index contributed by atoms with van der Waals surface area (Å²) >= 11 is 0. The van der Waals surface area contributed by atoms with Gasteiger partial charge in [-0.1, -0.05) is 6.07 Å². The molecule has 1 aromatic carbocycles. The highest BCUT2D eigenvalue weighted by molar-refractivity contribution is 5.74. The molecule has 34 heavy (non-hydrogen) atoms. The lowest BCUT2D eigenvalue weighted by Gasteiger charge is -2.48. The summed E-state index contributed by atoms with van der Waals surface area (Å²) in [6.45, 7) is 8.89. The molecule has 0 saturated carbocycles. The van der Waals surface area contributed by atoms with Gasteiger partial charge in [-0.05, 0) is 74.7 Å². The van der Waals surface area contributed by atoms with Crippen LogP contribution in [0.1, 0.15) is 40.5 Å². The Hall–Kier alpha value is -3.73. The van der Waals surface area contributed by atoms with Crippen LogP contribution in [-0.4, -0.2) is 69.7 Å². The van der Waals surface area contributed by atoms with E-state index in [1.54, 1.807) is 30.6 Å². The number of phenolic OH excluding ortho intramolecular Hbond substituents is 1. The molecule has 1 aliphatic heterocycles. The predicted molar refractivity (Wildman–Crippen MR) is 127 cm³/mol. The van der Waals surface area contributed by atoms with E-state index in [1.165, 1.54) is 4.63 Å². The number of rotatable bonds is 4. The first kappa shape index (κ1) is 22.1. The van der Waals surface area contributed by atoms with E-state index >= 15 is 0 Å². The highest BCUT2D eigenvalue weighted by Gasteiger charge is 2.39. The summed E-state index contributed by atoms with van der Waals surface area (Å²) < 4.78 is 1.34. The van der Waals surface area contributed by atoms with Crippen LogP contribution in [0.15, 0.2) is 36.7 Å². The van der Waals surface area contributed by atoms with Crippen molar-refractivity contribution < 1.29 is 5.11 Å². The van der Waals surface area contributed by atoms with Crippen LogP contribution in [0.25, 0.3) is 28.0 Å². The highest BCUT2D eigenvalue weighted by atomic mass is 16.3. The lowest BCUT2D eigenvalue weighted by molar-refractivity contribution is 0.160. The molecular weight excluding hydrogens is 432 g/mol. The maximum atomic E-state index is 10.7. The number of piperidine rings is 1. The van der Waals surface area contributed by atoms with Gasteiger partial charge in [0.1, 0.15) is 11.4 Å². The van der Waals surface area contributed by atoms with E-state index < -0.39 is 0 Å². The van der Waals surface area contributed by atoms with E-state index in [0.29, 0.717) is 22.9 Å². The van der Waals surface area contributed by atoms with Crippen LogP contribution in [-0.2, 0) is 0 Å². The molecule has 4 aromatic rings. The lowest BCUT2D eigenvalue weighted by Crippen LogP contribution is -2.62. The monoisotopic (exact) mass is 460 g/mol. The van der Waals surface area contributed by atoms with Crippen molar-refractivity contribution in [2.75, 3.05) is 11.9 Å². The summed E-state index contributed by atoms with van der Waals surface area (Å²) in [6, 6.07) is 7.43. The number of benzene rings is 1. The van der Waals surface area contributed by atoms with E-state index in [9.17, 15) is 5.11 Å². The highest BCUT2D eigenvalue weighted by Crippen LogP contribution is 2.34. The summed E-state index contributed by atoms with van der Waals surface area (Å²) in [6.07, 6.45) is 5.26. The molecule has 0 bridgehead atoms. The summed E-state index contributed by atoms with van der Waals surface area (Å²) in [5.74, 6) is 0.649. The molecule has 4 heterocycles. The van der Waals surface area contributed by atoms with Gasteiger partial charge in [-0.15, -0.1) is 19.9 Å². The zero-order valence-corrected chi connectivity index (χ0v) is 19.9. The van der Waals surface area contributed by atoms with E-state index in [4.69, 9.17) is 0 Å². The largest absolute Gasteiger partial charge is 0.507 e. The van der Waals surface area contributed by atoms with Crippen molar-refractivity contribution in [3.8, 4) is 28.1 Å². The van der Waals surface area contributed by atoms with E-state index in [-0.39, 0.29) is 22.9 Å². The molecular formula is C23H28N10O. The Bertz CT molecular complexity index is 1320. The molecule has 11 heteroatoms. The van der Waals surface area contributed by atoms with Gasteiger partial charge in [-0.25, -0.2) is 4.98 Å². The first-order valence-corrected chi connectivity index (χ1v) is 11.2. The Labute approximate surface area is 197 Å². The topological polar surface area (TPSA) is 130 Å². The van der Waals surface area contributed by atoms with Crippen LogP contribution in [0.2, 0.25) is 0 Å². The SMILES string of the molecule is CN(c1ncc(-c2ccc(-c3cnn4nnnc4c3)cc2O)nn1)C1CC(C)(C)NC(C)(C)C1. The lowest BCUT2D eigenvalue weighted by atomic mass is 9.79. The fourth-order valence-electron chi connectivity index (χ4n) is 5.00. The molecule has 1 saturated heterocycles. The summed E-state index contributed by atoms with van der Waals surface area (Å²) in [7, 11) is 2.01. The minimum atomic E-state index is 0.0201. The molecule has 0 radical (unpaired) electrons. The molecule has 0 spiro atoms. The Morgan fingerprint density at radius 2 is 1.76 bits per heavy atom. The minimum absolute atomic E-state index is 0.0201. The number of phenols is 1. The molecule has 176 valence electrons. The second-order valence-electron chi connectivity index (χ2n) is 10.2. The molecule has 2 N–H and O–H groups in total. The van der Waals surface area contributed by atoms with Crippen molar-refractivity contribution >= 4 is 11.6 Å². The summed E-state index contributed by atoms with van der Waals surface area (Å²) in [4.78, 5) is 6.67. The standard InChI is InChI=1S/C23H28N10O/c1-22(2)10-16(11-23(3,4)29-22)32(5)21-24-13-18(26-28-21)17-7-6-14(8-19(17)34)15-9-20-27-30-31-33(20)25-12-15/h6-9,12-13,16,29,34H,10-11H2,1-5H3. The maximum Gasteiger partial charge on any atom is 0.245 e. The van der Waals surface area contributed by atoms with Gasteiger partial charge in [-0.3, -0.25) is 0 Å². The van der Waals surface area contributed by atoms with Crippen molar-refractivity contribution in [2.24, 2.45) is 0 Å². The Morgan fingerprint density at radius 3 is 2.44 bits per heavy atom. The summed E-state index contributed by atoms with van der Waals surface area (Å²) in [5, 5.41) is 38.6. The number of tetrazole rings is 1. The van der Waals surface area contributed by atoms with Crippen LogP contribution in [0.5, 0.6) is 5.75 Å². The molecule has 0 aliphatic carbocycles. The quantitative estimate of drug-likeness (QED) is 0.468. The van der Waals surface area contributed by atoms with Gasteiger partial charge in [0.25, 0.3) is 0 Å². The van der Waals surface area contributed by atoms with Crippen LogP contribution >= 0.6 is 0 Å². The summed E-state index contributed by atoms with van der Waals surface area (Å²) in [5.41, 5.74) is 3.20. The van der Waals surface area contributed by atoms with Gasteiger partial charge in [0.15, 0.2) is 0 Å². The molecule has 0 atom stereocenters. The van der Waals surface area contributed by atoms with Crippen LogP contribution < -0.4 is 10.2 Å². The van der Waals surface area contributed by atoms with Gasteiger partial charge in [0.05, 0.1) is 12.4 Å². The fourth-order valence-corrected chi connectivity index (χ4v) is 5.00. The third-order valence-electron chi connectivity index (χ3n) is 6.26. The number of hydrogen-bond acceptors (Lipinski definition) is 10. The first-order valence-electron chi connectivity index (χ1n) is 11.2. The fraction of sp³-hybridized carbons (Fsp3) is 0.435. The molecule has 3 aromatic heterocycles. The number of nitrogens with zero attached hydrogens (tertiary/aromatic N) is 9. The van der Waals surface area contributed by atoms with Crippen LogP contribution in [0.3, 0.4) is 0 Å². The minimum Gasteiger partial charge on any atom is -0.507 e. The van der Waals surface area contributed by atoms with Gasteiger partial charge in [0.2, 0.25) is 11.6 Å². The van der Waals surface area contributed by atoms with Crippen LogP contribution in [0.4, 0.5) is 5.95 Å².